The molecular formula is C23H22ClN5O. The van der Waals surface area contributed by atoms with E-state index in [0.717, 1.165) is 31.7 Å². The minimum atomic E-state index is -0.0454. The molecule has 1 aromatic heterocycles. The van der Waals surface area contributed by atoms with Crippen molar-refractivity contribution in [3.05, 3.63) is 82.6 Å². The maximum Gasteiger partial charge on any atom is 0.274 e. The second kappa shape index (κ2) is 9.12. The Morgan fingerprint density at radius 3 is 2.67 bits per heavy atom. The molecule has 0 bridgehead atoms. The van der Waals surface area contributed by atoms with Gasteiger partial charge >= 0.3 is 0 Å². The average Bonchev–Trinajstić information content (AvgIpc) is 3.15. The first-order chi connectivity index (χ1) is 14.6. The molecule has 30 heavy (non-hydrogen) atoms. The maximum absolute atomic E-state index is 13.0. The van der Waals surface area contributed by atoms with Crippen LogP contribution in [0, 0.1) is 11.3 Å². The van der Waals surface area contributed by atoms with Crippen LogP contribution in [0.2, 0.25) is 5.02 Å². The molecule has 2 heterocycles. The largest absolute Gasteiger partial charge is 0.336 e. The molecule has 7 heteroatoms. The highest BCUT2D eigenvalue weighted by molar-refractivity contribution is 6.30. The highest BCUT2D eigenvalue weighted by atomic mass is 35.5. The minimum absolute atomic E-state index is 0.0454. The average molecular weight is 420 g/mol. The van der Waals surface area contributed by atoms with Crippen molar-refractivity contribution in [1.29, 1.82) is 5.26 Å². The van der Waals surface area contributed by atoms with E-state index in [4.69, 9.17) is 16.9 Å². The normalized spacial score (nSPS) is 14.9. The van der Waals surface area contributed by atoms with E-state index in [0.29, 0.717) is 29.4 Å². The van der Waals surface area contributed by atoms with E-state index in [9.17, 15) is 4.79 Å². The van der Waals surface area contributed by atoms with Crippen LogP contribution in [0.25, 0.3) is 5.69 Å². The number of halogens is 1. The van der Waals surface area contributed by atoms with Gasteiger partial charge in [0.15, 0.2) is 5.69 Å². The molecule has 1 saturated heterocycles. The molecule has 1 fully saturated rings. The standard InChI is InChI=1S/C23H22ClN5O/c24-20-3-1-4-21(15-20)29-12-9-22(26-29)23(30)28-11-2-10-27(13-14-28)17-19-7-5-18(16-25)6-8-19/h1,3-9,12,15H,2,10-11,13-14,17H2. The summed E-state index contributed by atoms with van der Waals surface area (Å²) < 4.78 is 1.67. The summed E-state index contributed by atoms with van der Waals surface area (Å²) in [7, 11) is 0. The van der Waals surface area contributed by atoms with Gasteiger partial charge in [-0.3, -0.25) is 9.69 Å². The monoisotopic (exact) mass is 419 g/mol. The molecule has 0 aliphatic carbocycles. The Morgan fingerprint density at radius 1 is 1.07 bits per heavy atom. The number of carbonyl (C=O) groups is 1. The van der Waals surface area contributed by atoms with Crippen LogP contribution in [0.4, 0.5) is 0 Å². The van der Waals surface area contributed by atoms with Gasteiger partial charge in [0.25, 0.3) is 5.91 Å². The number of rotatable bonds is 4. The zero-order chi connectivity index (χ0) is 20.9. The fourth-order valence-electron chi connectivity index (χ4n) is 3.64. The topological polar surface area (TPSA) is 65.2 Å². The van der Waals surface area contributed by atoms with Gasteiger partial charge in [-0.05, 0) is 48.4 Å². The number of nitrogens with zero attached hydrogens (tertiary/aromatic N) is 5. The Balaban J connectivity index is 1.38. The van der Waals surface area contributed by atoms with Crippen LogP contribution in [0.15, 0.2) is 60.8 Å². The molecular weight excluding hydrogens is 398 g/mol. The molecule has 152 valence electrons. The summed E-state index contributed by atoms with van der Waals surface area (Å²) in [4.78, 5) is 17.2. The summed E-state index contributed by atoms with van der Waals surface area (Å²) in [5.74, 6) is -0.0454. The molecule has 0 atom stereocenters. The molecule has 1 amide bonds. The van der Waals surface area contributed by atoms with Crippen molar-refractivity contribution in [3.63, 3.8) is 0 Å². The second-order valence-electron chi connectivity index (χ2n) is 7.36. The molecule has 2 aromatic carbocycles. The predicted octanol–water partition coefficient (Wildman–Crippen LogP) is 3.75. The summed E-state index contributed by atoms with van der Waals surface area (Å²) in [6.45, 7) is 3.93. The first-order valence-electron chi connectivity index (χ1n) is 9.95. The molecule has 0 N–H and O–H groups in total. The molecule has 4 rings (SSSR count). The quantitative estimate of drug-likeness (QED) is 0.646. The van der Waals surface area contributed by atoms with Gasteiger partial charge in [-0.15, -0.1) is 0 Å². The molecule has 0 saturated carbocycles. The maximum atomic E-state index is 13.0. The summed E-state index contributed by atoms with van der Waals surface area (Å²) in [5.41, 5.74) is 3.11. The van der Waals surface area contributed by atoms with E-state index in [1.165, 1.54) is 5.56 Å². The summed E-state index contributed by atoms with van der Waals surface area (Å²) in [5, 5.41) is 14.0. The molecule has 1 aliphatic rings. The summed E-state index contributed by atoms with van der Waals surface area (Å²) in [6, 6.07) is 19.0. The van der Waals surface area contributed by atoms with Crippen LogP contribution in [0.5, 0.6) is 0 Å². The number of benzene rings is 2. The third kappa shape index (κ3) is 4.70. The molecule has 0 unspecified atom stereocenters. The van der Waals surface area contributed by atoms with Crippen molar-refractivity contribution in [3.8, 4) is 11.8 Å². The first kappa shape index (κ1) is 20.1. The van der Waals surface area contributed by atoms with E-state index in [-0.39, 0.29) is 5.91 Å². The van der Waals surface area contributed by atoms with Crippen LogP contribution >= 0.6 is 11.6 Å². The van der Waals surface area contributed by atoms with Gasteiger partial charge in [0.05, 0.1) is 17.3 Å². The Kier molecular flexibility index (Phi) is 6.12. The van der Waals surface area contributed by atoms with Gasteiger partial charge in [-0.2, -0.15) is 10.4 Å². The summed E-state index contributed by atoms with van der Waals surface area (Å²) >= 11 is 6.06. The number of carbonyl (C=O) groups excluding carboxylic acids is 1. The third-order valence-electron chi connectivity index (χ3n) is 5.25. The van der Waals surface area contributed by atoms with Gasteiger partial charge in [0.1, 0.15) is 0 Å². The number of nitriles is 1. The second-order valence-corrected chi connectivity index (χ2v) is 7.79. The van der Waals surface area contributed by atoms with Gasteiger partial charge in [-0.1, -0.05) is 29.8 Å². The van der Waals surface area contributed by atoms with Gasteiger partial charge in [-0.25, -0.2) is 4.68 Å². The predicted molar refractivity (Wildman–Crippen MR) is 116 cm³/mol. The summed E-state index contributed by atoms with van der Waals surface area (Å²) in [6.07, 6.45) is 2.70. The SMILES string of the molecule is N#Cc1ccc(CN2CCCN(C(=O)c3ccn(-c4cccc(Cl)c4)n3)CC2)cc1. The fraction of sp³-hybridized carbons (Fsp3) is 0.261. The molecule has 3 aromatic rings. The van der Waals surface area contributed by atoms with E-state index in [2.05, 4.69) is 16.1 Å². The van der Waals surface area contributed by atoms with Gasteiger partial charge < -0.3 is 4.90 Å². The van der Waals surface area contributed by atoms with Crippen molar-refractivity contribution in [2.45, 2.75) is 13.0 Å². The lowest BCUT2D eigenvalue weighted by Gasteiger charge is -2.21. The Bertz CT molecular complexity index is 1070. The lowest BCUT2D eigenvalue weighted by molar-refractivity contribution is 0.0754. The van der Waals surface area contributed by atoms with Crippen molar-refractivity contribution in [2.24, 2.45) is 0 Å². The fourth-order valence-corrected chi connectivity index (χ4v) is 3.82. The first-order valence-corrected chi connectivity index (χ1v) is 10.3. The highest BCUT2D eigenvalue weighted by Crippen LogP contribution is 2.16. The van der Waals surface area contributed by atoms with E-state index >= 15 is 0 Å². The molecule has 1 aliphatic heterocycles. The molecule has 6 nitrogen and oxygen atoms in total. The van der Waals surface area contributed by atoms with Crippen LogP contribution in [0.3, 0.4) is 0 Å². The van der Waals surface area contributed by atoms with Crippen molar-refractivity contribution in [2.75, 3.05) is 26.2 Å². The number of aromatic nitrogens is 2. The van der Waals surface area contributed by atoms with Crippen LogP contribution in [-0.4, -0.2) is 51.7 Å². The van der Waals surface area contributed by atoms with Crippen molar-refractivity contribution < 1.29 is 4.79 Å². The van der Waals surface area contributed by atoms with Gasteiger partial charge in [0.2, 0.25) is 0 Å². The van der Waals surface area contributed by atoms with Crippen molar-refractivity contribution >= 4 is 17.5 Å². The lowest BCUT2D eigenvalue weighted by Crippen LogP contribution is -2.35. The molecule has 0 radical (unpaired) electrons. The Hall–Kier alpha value is -3.14. The number of hydrogen-bond donors (Lipinski definition) is 0. The van der Waals surface area contributed by atoms with Crippen LogP contribution in [0.1, 0.15) is 28.0 Å². The Labute approximate surface area is 180 Å². The number of hydrogen-bond acceptors (Lipinski definition) is 4. The molecule has 0 spiro atoms. The highest BCUT2D eigenvalue weighted by Gasteiger charge is 2.22. The lowest BCUT2D eigenvalue weighted by atomic mass is 10.1. The third-order valence-corrected chi connectivity index (χ3v) is 5.48. The smallest absolute Gasteiger partial charge is 0.274 e. The van der Waals surface area contributed by atoms with E-state index < -0.39 is 0 Å². The Morgan fingerprint density at radius 2 is 1.90 bits per heavy atom. The van der Waals surface area contributed by atoms with Crippen molar-refractivity contribution in [1.82, 2.24) is 19.6 Å². The van der Waals surface area contributed by atoms with Crippen LogP contribution in [-0.2, 0) is 6.54 Å². The van der Waals surface area contributed by atoms with E-state index in [1.807, 2.05) is 53.4 Å². The van der Waals surface area contributed by atoms with Gasteiger partial charge in [0, 0.05) is 43.9 Å². The van der Waals surface area contributed by atoms with Crippen LogP contribution < -0.4 is 0 Å². The minimum Gasteiger partial charge on any atom is -0.336 e. The zero-order valence-corrected chi connectivity index (χ0v) is 17.3. The van der Waals surface area contributed by atoms with E-state index in [1.54, 1.807) is 16.9 Å². The zero-order valence-electron chi connectivity index (χ0n) is 16.5. The number of amides is 1.